The number of aliphatic hydroxyl groups is 1. The summed E-state index contributed by atoms with van der Waals surface area (Å²) >= 11 is 0. The maximum atomic E-state index is 12.9. The number of nitrogens with one attached hydrogen (secondary N) is 1. The van der Waals surface area contributed by atoms with Crippen LogP contribution in [0.15, 0.2) is 0 Å². The van der Waals surface area contributed by atoms with Crippen LogP contribution in [0.4, 0.5) is 4.79 Å². The van der Waals surface area contributed by atoms with Crippen LogP contribution < -0.4 is 5.32 Å². The summed E-state index contributed by atoms with van der Waals surface area (Å²) in [5.41, 5.74) is -0.830. The van der Waals surface area contributed by atoms with Gasteiger partial charge < -0.3 is 24.6 Å². The highest BCUT2D eigenvalue weighted by atomic mass is 16.6. The Morgan fingerprint density at radius 3 is 2.14 bits per heavy atom. The van der Waals surface area contributed by atoms with Crippen molar-refractivity contribution < 1.29 is 33.7 Å². The van der Waals surface area contributed by atoms with Crippen molar-refractivity contribution in [3.8, 4) is 0 Å². The van der Waals surface area contributed by atoms with Gasteiger partial charge in [0, 0.05) is 6.42 Å². The van der Waals surface area contributed by atoms with Gasteiger partial charge in [0.2, 0.25) is 0 Å². The highest BCUT2D eigenvalue weighted by Crippen LogP contribution is 2.63. The number of amides is 1. The van der Waals surface area contributed by atoms with Crippen molar-refractivity contribution >= 4 is 18.0 Å². The molecule has 0 aromatic rings. The lowest BCUT2D eigenvalue weighted by atomic mass is 9.48. The molecule has 3 rings (SSSR count). The molecule has 254 valence electrons. The zero-order chi connectivity index (χ0) is 33.3. The number of hydrogen-bond donors (Lipinski definition) is 2. The minimum absolute atomic E-state index is 0.0907. The van der Waals surface area contributed by atoms with Crippen molar-refractivity contribution in [1.29, 1.82) is 0 Å². The Bertz CT molecular complexity index is 1010. The quantitative estimate of drug-likeness (QED) is 0.203. The average Bonchev–Trinajstić information content (AvgIpc) is 3.18. The van der Waals surface area contributed by atoms with Crippen LogP contribution in [-0.4, -0.2) is 53.1 Å². The summed E-state index contributed by atoms with van der Waals surface area (Å²) in [6.45, 7) is 22.4. The molecule has 3 aliphatic rings. The lowest BCUT2D eigenvalue weighted by Crippen LogP contribution is -2.52. The van der Waals surface area contributed by atoms with Gasteiger partial charge in [-0.1, -0.05) is 41.0 Å². The molecule has 0 aromatic heterocycles. The SMILES string of the molecule is CCC1C(C2CCC([C@H](C)CC(=O)OC(C)(C)C)C2(C)C)CCC2C[C@H](OC(=O)[C@H](CO)NC(=O)OC(C)(C)C)CCC21C. The topological polar surface area (TPSA) is 111 Å². The minimum atomic E-state index is -1.15. The molecule has 3 saturated carbocycles. The minimum Gasteiger partial charge on any atom is -0.461 e. The van der Waals surface area contributed by atoms with Gasteiger partial charge in [-0.2, -0.15) is 0 Å². The lowest BCUT2D eigenvalue weighted by Gasteiger charge is -2.57. The van der Waals surface area contributed by atoms with Gasteiger partial charge in [0.25, 0.3) is 0 Å². The molecular weight excluding hydrogens is 558 g/mol. The van der Waals surface area contributed by atoms with Gasteiger partial charge in [0.1, 0.15) is 17.3 Å². The third-order valence-corrected chi connectivity index (χ3v) is 11.4. The van der Waals surface area contributed by atoms with E-state index in [2.05, 4.69) is 39.9 Å². The van der Waals surface area contributed by atoms with Crippen molar-refractivity contribution in [2.75, 3.05) is 6.61 Å². The standard InChI is InChI=1S/C36H63NO7/c1-12-26-25(28-16-15-27(35(28,9)10)22(2)19-30(39)43-33(3,4)5)14-13-23-20-24(17-18-36(23,26)11)42-31(40)29(21-38)37-32(41)44-34(6,7)8/h22-29,38H,12-21H2,1-11H3,(H,37,41)/t22-,23?,24-,25?,26?,27?,28?,29+,36?/m1/s1. The number of carbonyl (C=O) groups is 3. The summed E-state index contributed by atoms with van der Waals surface area (Å²) in [5, 5.41) is 12.2. The van der Waals surface area contributed by atoms with E-state index in [1.165, 1.54) is 12.8 Å². The van der Waals surface area contributed by atoms with Crippen molar-refractivity contribution in [3.63, 3.8) is 0 Å². The number of hydrogen-bond acceptors (Lipinski definition) is 7. The normalized spacial score (nSPS) is 33.5. The molecule has 0 spiro atoms. The van der Waals surface area contributed by atoms with E-state index in [-0.39, 0.29) is 28.8 Å². The van der Waals surface area contributed by atoms with Crippen LogP contribution in [0.1, 0.15) is 134 Å². The summed E-state index contributed by atoms with van der Waals surface area (Å²) in [4.78, 5) is 37.8. The molecule has 1 amide bonds. The molecule has 8 heteroatoms. The lowest BCUT2D eigenvalue weighted by molar-refractivity contribution is -0.162. The molecular formula is C36H63NO7. The average molecular weight is 622 g/mol. The van der Waals surface area contributed by atoms with E-state index in [9.17, 15) is 19.5 Å². The van der Waals surface area contributed by atoms with E-state index in [0.717, 1.165) is 38.5 Å². The molecule has 9 atom stereocenters. The van der Waals surface area contributed by atoms with Crippen LogP contribution in [0.2, 0.25) is 0 Å². The second-order valence-corrected chi connectivity index (χ2v) is 17.1. The number of fused-ring (bicyclic) bond motifs is 1. The Morgan fingerprint density at radius 1 is 0.932 bits per heavy atom. The molecule has 8 nitrogen and oxygen atoms in total. The van der Waals surface area contributed by atoms with E-state index >= 15 is 0 Å². The predicted octanol–water partition coefficient (Wildman–Crippen LogP) is 7.45. The van der Waals surface area contributed by atoms with Crippen molar-refractivity contribution in [2.45, 2.75) is 157 Å². The smallest absolute Gasteiger partial charge is 0.408 e. The Kier molecular flexibility index (Phi) is 11.6. The van der Waals surface area contributed by atoms with Gasteiger partial charge in [0.15, 0.2) is 6.04 Å². The van der Waals surface area contributed by atoms with Gasteiger partial charge in [-0.25, -0.2) is 9.59 Å². The van der Waals surface area contributed by atoms with E-state index in [4.69, 9.17) is 14.2 Å². The maximum Gasteiger partial charge on any atom is 0.408 e. The molecule has 0 aliphatic heterocycles. The first-order chi connectivity index (χ1) is 20.2. The molecule has 0 saturated heterocycles. The molecule has 6 unspecified atom stereocenters. The number of ether oxygens (including phenoxy) is 3. The first-order valence-corrected chi connectivity index (χ1v) is 17.2. The highest BCUT2D eigenvalue weighted by Gasteiger charge is 2.56. The number of alkyl carbamates (subject to hydrolysis) is 1. The molecule has 0 radical (unpaired) electrons. The van der Waals surface area contributed by atoms with Gasteiger partial charge in [-0.3, -0.25) is 4.79 Å². The first kappa shape index (κ1) is 36.6. The predicted molar refractivity (Wildman–Crippen MR) is 172 cm³/mol. The molecule has 44 heavy (non-hydrogen) atoms. The van der Waals surface area contributed by atoms with Crippen LogP contribution in [0.3, 0.4) is 0 Å². The Morgan fingerprint density at radius 2 is 1.57 bits per heavy atom. The Hall–Kier alpha value is -1.83. The number of esters is 2. The van der Waals surface area contributed by atoms with Crippen LogP contribution >= 0.6 is 0 Å². The zero-order valence-electron chi connectivity index (χ0n) is 29.6. The molecule has 2 N–H and O–H groups in total. The van der Waals surface area contributed by atoms with Crippen LogP contribution in [0, 0.1) is 46.3 Å². The third kappa shape index (κ3) is 8.70. The summed E-state index contributed by atoms with van der Waals surface area (Å²) in [6, 6.07) is -1.15. The molecule has 3 aliphatic carbocycles. The van der Waals surface area contributed by atoms with E-state index in [0.29, 0.717) is 36.0 Å². The van der Waals surface area contributed by atoms with Crippen molar-refractivity contribution in [2.24, 2.45) is 46.3 Å². The van der Waals surface area contributed by atoms with E-state index in [1.807, 2.05) is 20.8 Å². The van der Waals surface area contributed by atoms with Gasteiger partial charge in [-0.15, -0.1) is 0 Å². The molecule has 0 heterocycles. The van der Waals surface area contributed by atoms with Crippen LogP contribution in [0.25, 0.3) is 0 Å². The zero-order valence-corrected chi connectivity index (χ0v) is 29.6. The largest absolute Gasteiger partial charge is 0.461 e. The van der Waals surface area contributed by atoms with Gasteiger partial charge in [0.05, 0.1) is 6.61 Å². The maximum absolute atomic E-state index is 12.9. The fourth-order valence-corrected chi connectivity index (χ4v) is 9.58. The Balaban J connectivity index is 1.64. The second-order valence-electron chi connectivity index (χ2n) is 17.1. The fraction of sp³-hybridized carbons (Fsp3) is 0.917. The van der Waals surface area contributed by atoms with Gasteiger partial charge in [-0.05, 0) is 133 Å². The van der Waals surface area contributed by atoms with Crippen LogP contribution in [-0.2, 0) is 23.8 Å². The van der Waals surface area contributed by atoms with Crippen molar-refractivity contribution in [1.82, 2.24) is 5.32 Å². The van der Waals surface area contributed by atoms with E-state index < -0.39 is 35.9 Å². The molecule has 3 fully saturated rings. The molecule has 0 aromatic carbocycles. The number of carbonyl (C=O) groups excluding carboxylic acids is 3. The number of aliphatic hydroxyl groups excluding tert-OH is 1. The summed E-state index contributed by atoms with van der Waals surface area (Å²) in [6.07, 6.45) is 7.94. The van der Waals surface area contributed by atoms with Crippen molar-refractivity contribution in [3.05, 3.63) is 0 Å². The fourth-order valence-electron chi connectivity index (χ4n) is 9.58. The number of rotatable bonds is 9. The summed E-state index contributed by atoms with van der Waals surface area (Å²) in [7, 11) is 0. The summed E-state index contributed by atoms with van der Waals surface area (Å²) < 4.78 is 16.8. The molecule has 0 bridgehead atoms. The van der Waals surface area contributed by atoms with E-state index in [1.54, 1.807) is 20.8 Å². The van der Waals surface area contributed by atoms with Gasteiger partial charge >= 0.3 is 18.0 Å². The monoisotopic (exact) mass is 621 g/mol. The Labute approximate surface area is 267 Å². The second kappa shape index (κ2) is 13.9. The first-order valence-electron chi connectivity index (χ1n) is 17.2. The summed E-state index contributed by atoms with van der Waals surface area (Å²) in [5.74, 6) is 2.41. The third-order valence-electron chi connectivity index (χ3n) is 11.4. The highest BCUT2D eigenvalue weighted by molar-refractivity contribution is 5.81. The van der Waals surface area contributed by atoms with Crippen LogP contribution in [0.5, 0.6) is 0 Å².